The summed E-state index contributed by atoms with van der Waals surface area (Å²) in [6.45, 7) is 2.22. The smallest absolute Gasteiger partial charge is 0.124 e. The van der Waals surface area contributed by atoms with E-state index < -0.39 is 0 Å². The number of halogens is 2. The fourth-order valence-electron chi connectivity index (χ4n) is 2.54. The van der Waals surface area contributed by atoms with Gasteiger partial charge in [-0.2, -0.15) is 0 Å². The topological polar surface area (TPSA) is 26.0 Å². The normalized spacial score (nSPS) is 29.6. The Labute approximate surface area is 104 Å². The molecule has 3 unspecified atom stereocenters. The van der Waals surface area contributed by atoms with Gasteiger partial charge in [-0.25, -0.2) is 4.39 Å². The summed E-state index contributed by atoms with van der Waals surface area (Å²) >= 11 is 3.42. The zero-order valence-corrected chi connectivity index (χ0v) is 11.0. The van der Waals surface area contributed by atoms with Crippen LogP contribution in [0.25, 0.3) is 0 Å². The van der Waals surface area contributed by atoms with Crippen molar-refractivity contribution in [2.45, 2.75) is 32.2 Å². The van der Waals surface area contributed by atoms with Crippen molar-refractivity contribution in [3.05, 3.63) is 34.1 Å². The van der Waals surface area contributed by atoms with Gasteiger partial charge < -0.3 is 5.73 Å². The second kappa shape index (κ2) is 4.84. The van der Waals surface area contributed by atoms with Crippen LogP contribution in [0.1, 0.15) is 25.3 Å². The zero-order valence-electron chi connectivity index (χ0n) is 9.42. The summed E-state index contributed by atoms with van der Waals surface area (Å²) in [4.78, 5) is 0. The highest BCUT2D eigenvalue weighted by Crippen LogP contribution is 2.34. The van der Waals surface area contributed by atoms with E-state index in [1.165, 1.54) is 24.1 Å². The molecule has 0 aromatic heterocycles. The van der Waals surface area contributed by atoms with Crippen molar-refractivity contribution < 1.29 is 4.39 Å². The van der Waals surface area contributed by atoms with Crippen molar-refractivity contribution >= 4 is 15.9 Å². The fraction of sp³-hybridized carbons (Fsp3) is 0.538. The lowest BCUT2D eigenvalue weighted by Gasteiger charge is -2.18. The van der Waals surface area contributed by atoms with Crippen LogP contribution in [0.3, 0.4) is 0 Å². The van der Waals surface area contributed by atoms with Crippen LogP contribution in [0.2, 0.25) is 0 Å². The summed E-state index contributed by atoms with van der Waals surface area (Å²) in [5.74, 6) is 1.01. The van der Waals surface area contributed by atoms with Gasteiger partial charge in [0.05, 0.1) is 0 Å². The van der Waals surface area contributed by atoms with Crippen molar-refractivity contribution in [2.24, 2.45) is 17.6 Å². The maximum absolute atomic E-state index is 12.9. The number of hydrogen-bond donors (Lipinski definition) is 1. The Hall–Kier alpha value is -0.410. The van der Waals surface area contributed by atoms with E-state index >= 15 is 0 Å². The first-order valence-corrected chi connectivity index (χ1v) is 6.56. The van der Waals surface area contributed by atoms with Crippen LogP contribution in [0.15, 0.2) is 22.7 Å². The predicted molar refractivity (Wildman–Crippen MR) is 67.7 cm³/mol. The highest BCUT2D eigenvalue weighted by atomic mass is 79.9. The zero-order chi connectivity index (χ0) is 11.7. The van der Waals surface area contributed by atoms with Gasteiger partial charge in [0.25, 0.3) is 0 Å². The molecule has 3 atom stereocenters. The second-order valence-corrected chi connectivity index (χ2v) is 5.65. The summed E-state index contributed by atoms with van der Waals surface area (Å²) < 4.78 is 13.8. The second-order valence-electron chi connectivity index (χ2n) is 4.80. The lowest BCUT2D eigenvalue weighted by Crippen LogP contribution is -2.25. The average molecular weight is 286 g/mol. The van der Waals surface area contributed by atoms with Gasteiger partial charge in [0, 0.05) is 10.5 Å². The molecule has 88 valence electrons. The summed E-state index contributed by atoms with van der Waals surface area (Å²) in [6.07, 6.45) is 3.30. The van der Waals surface area contributed by atoms with Crippen LogP contribution in [0, 0.1) is 17.7 Å². The van der Waals surface area contributed by atoms with E-state index in [0.717, 1.165) is 17.3 Å². The van der Waals surface area contributed by atoms with E-state index in [2.05, 4.69) is 22.9 Å². The molecule has 1 saturated carbocycles. The molecule has 3 heteroatoms. The molecule has 1 nitrogen and oxygen atoms in total. The molecule has 1 aromatic carbocycles. The lowest BCUT2D eigenvalue weighted by molar-refractivity contribution is 0.390. The first-order chi connectivity index (χ1) is 7.58. The molecule has 1 aromatic rings. The van der Waals surface area contributed by atoms with Gasteiger partial charge in [0.1, 0.15) is 5.82 Å². The quantitative estimate of drug-likeness (QED) is 0.884. The minimum Gasteiger partial charge on any atom is -0.327 e. The monoisotopic (exact) mass is 285 g/mol. The molecule has 0 aliphatic heterocycles. The summed E-state index contributed by atoms with van der Waals surface area (Å²) in [5, 5.41) is 0. The molecule has 16 heavy (non-hydrogen) atoms. The van der Waals surface area contributed by atoms with Gasteiger partial charge in [-0.05, 0) is 48.8 Å². The van der Waals surface area contributed by atoms with Crippen LogP contribution in [0.4, 0.5) is 4.39 Å². The van der Waals surface area contributed by atoms with E-state index in [1.807, 2.05) is 6.07 Å². The highest BCUT2D eigenvalue weighted by Gasteiger charge is 2.30. The third kappa shape index (κ3) is 2.46. The van der Waals surface area contributed by atoms with Gasteiger partial charge >= 0.3 is 0 Å². The molecule has 2 N–H and O–H groups in total. The molecular formula is C13H17BrFN. The summed E-state index contributed by atoms with van der Waals surface area (Å²) in [6, 6.07) is 5.27. The van der Waals surface area contributed by atoms with E-state index in [1.54, 1.807) is 0 Å². The largest absolute Gasteiger partial charge is 0.327 e. The minimum atomic E-state index is -0.188. The molecule has 0 amide bonds. The third-order valence-electron chi connectivity index (χ3n) is 3.79. The van der Waals surface area contributed by atoms with Gasteiger partial charge in [0.2, 0.25) is 0 Å². The Bertz CT molecular complexity index is 380. The van der Waals surface area contributed by atoms with Crippen molar-refractivity contribution in [2.75, 3.05) is 0 Å². The molecular weight excluding hydrogens is 269 g/mol. The molecule has 0 spiro atoms. The minimum absolute atomic E-state index is 0.188. The molecule has 0 bridgehead atoms. The Kier molecular flexibility index (Phi) is 3.65. The van der Waals surface area contributed by atoms with E-state index in [0.29, 0.717) is 17.9 Å². The first-order valence-electron chi connectivity index (χ1n) is 5.77. The van der Waals surface area contributed by atoms with Gasteiger partial charge in [-0.15, -0.1) is 0 Å². The van der Waals surface area contributed by atoms with Crippen molar-refractivity contribution in [1.82, 2.24) is 0 Å². The average Bonchev–Trinajstić information content (AvgIpc) is 2.54. The summed E-state index contributed by atoms with van der Waals surface area (Å²) in [5.41, 5.74) is 7.20. The van der Waals surface area contributed by atoms with E-state index in [4.69, 9.17) is 5.73 Å². The van der Waals surface area contributed by atoms with E-state index in [-0.39, 0.29) is 5.82 Å². The van der Waals surface area contributed by atoms with Crippen LogP contribution < -0.4 is 5.73 Å². The van der Waals surface area contributed by atoms with Crippen molar-refractivity contribution in [3.63, 3.8) is 0 Å². The number of nitrogens with two attached hydrogens (primary N) is 1. The molecule has 1 fully saturated rings. The maximum Gasteiger partial charge on any atom is 0.124 e. The Morgan fingerprint density at radius 2 is 2.19 bits per heavy atom. The van der Waals surface area contributed by atoms with Crippen molar-refractivity contribution in [3.8, 4) is 0 Å². The molecule has 0 heterocycles. The predicted octanol–water partition coefficient (Wildman–Crippen LogP) is 3.50. The van der Waals surface area contributed by atoms with Crippen LogP contribution in [-0.2, 0) is 6.42 Å². The maximum atomic E-state index is 12.9. The number of benzene rings is 1. The number of rotatable bonds is 2. The highest BCUT2D eigenvalue weighted by molar-refractivity contribution is 9.10. The first kappa shape index (κ1) is 12.1. The van der Waals surface area contributed by atoms with Crippen LogP contribution in [0.5, 0.6) is 0 Å². The van der Waals surface area contributed by atoms with Gasteiger partial charge in [-0.1, -0.05) is 28.9 Å². The Morgan fingerprint density at radius 3 is 2.75 bits per heavy atom. The van der Waals surface area contributed by atoms with Crippen LogP contribution >= 0.6 is 15.9 Å². The van der Waals surface area contributed by atoms with Gasteiger partial charge in [-0.3, -0.25) is 0 Å². The SMILES string of the molecule is CC1C(N)CCC1Cc1ccc(F)cc1Br. The van der Waals surface area contributed by atoms with E-state index in [9.17, 15) is 4.39 Å². The van der Waals surface area contributed by atoms with Crippen LogP contribution in [-0.4, -0.2) is 6.04 Å². The fourth-order valence-corrected chi connectivity index (χ4v) is 3.05. The lowest BCUT2D eigenvalue weighted by atomic mass is 9.90. The molecule has 0 saturated heterocycles. The molecule has 1 aliphatic rings. The molecule has 0 radical (unpaired) electrons. The Balaban J connectivity index is 2.09. The Morgan fingerprint density at radius 1 is 1.44 bits per heavy atom. The molecule has 1 aliphatic carbocycles. The number of hydrogen-bond acceptors (Lipinski definition) is 1. The van der Waals surface area contributed by atoms with Crippen molar-refractivity contribution in [1.29, 1.82) is 0 Å². The van der Waals surface area contributed by atoms with Gasteiger partial charge in [0.15, 0.2) is 0 Å². The summed E-state index contributed by atoms with van der Waals surface area (Å²) in [7, 11) is 0. The third-order valence-corrected chi connectivity index (χ3v) is 4.53. The molecule has 2 rings (SSSR count). The standard InChI is InChI=1S/C13H17BrFN/c1-8-9(3-5-13(8)16)6-10-2-4-11(15)7-12(10)14/h2,4,7-9,13H,3,5-6,16H2,1H3.